The Kier molecular flexibility index (Phi) is 4.26. The van der Waals surface area contributed by atoms with E-state index in [0.29, 0.717) is 5.56 Å². The quantitative estimate of drug-likeness (QED) is 0.788. The Morgan fingerprint density at radius 2 is 1.70 bits per heavy atom. The van der Waals surface area contributed by atoms with Gasteiger partial charge in [-0.1, -0.05) is 46.3 Å². The van der Waals surface area contributed by atoms with Crippen LogP contribution < -0.4 is 0 Å². The van der Waals surface area contributed by atoms with E-state index in [-0.39, 0.29) is 4.47 Å². The van der Waals surface area contributed by atoms with Crippen LogP contribution in [-0.2, 0) is 0 Å². The second-order valence-electron chi connectivity index (χ2n) is 4.08. The number of nitrogens with zero attached hydrogens (tertiary/aromatic N) is 1. The number of carbonyl (C=O) groups is 1. The number of carbonyl (C=O) groups excluding carboxylic acids is 1. The summed E-state index contributed by atoms with van der Waals surface area (Å²) in [6, 6.07) is 12.0. The molecule has 100 valence electrons. The molecule has 1 atom stereocenters. The molecule has 2 rings (SSSR count). The minimum absolute atomic E-state index is 0.192. The first kappa shape index (κ1) is 14.4. The van der Waals surface area contributed by atoms with Crippen LogP contribution in [0, 0.1) is 23.0 Å². The summed E-state index contributed by atoms with van der Waals surface area (Å²) in [5, 5.41) is 9.12. The minimum Gasteiger partial charge on any atom is -0.292 e. The van der Waals surface area contributed by atoms with Gasteiger partial charge in [-0.15, -0.1) is 0 Å². The van der Waals surface area contributed by atoms with E-state index in [0.717, 1.165) is 12.1 Å². The Labute approximate surface area is 122 Å². The third kappa shape index (κ3) is 2.75. The van der Waals surface area contributed by atoms with Crippen LogP contribution in [-0.4, -0.2) is 5.78 Å². The number of benzene rings is 2. The van der Waals surface area contributed by atoms with Crippen molar-refractivity contribution in [3.8, 4) is 6.07 Å². The monoisotopic (exact) mass is 335 g/mol. The molecule has 5 heteroatoms. The van der Waals surface area contributed by atoms with Gasteiger partial charge in [0.1, 0.15) is 17.6 Å². The zero-order chi connectivity index (χ0) is 14.7. The van der Waals surface area contributed by atoms with Crippen LogP contribution in [0.2, 0.25) is 0 Å². The van der Waals surface area contributed by atoms with Gasteiger partial charge in [0.05, 0.1) is 11.6 Å². The molecular weight excluding hydrogens is 328 g/mol. The summed E-state index contributed by atoms with van der Waals surface area (Å²) in [5.74, 6) is -4.10. The maximum absolute atomic E-state index is 13.8. The fourth-order valence-corrected chi connectivity index (χ4v) is 2.25. The average molecular weight is 336 g/mol. The highest BCUT2D eigenvalue weighted by atomic mass is 79.9. The van der Waals surface area contributed by atoms with Gasteiger partial charge in [-0.25, -0.2) is 8.78 Å². The molecule has 0 amide bonds. The molecule has 0 aliphatic heterocycles. The summed E-state index contributed by atoms with van der Waals surface area (Å²) in [6.45, 7) is 0. The predicted octanol–water partition coefficient (Wildman–Crippen LogP) is 4.22. The number of rotatable bonds is 3. The predicted molar refractivity (Wildman–Crippen MR) is 73.2 cm³/mol. The Hall–Kier alpha value is -2.06. The van der Waals surface area contributed by atoms with Gasteiger partial charge >= 0.3 is 0 Å². The second kappa shape index (κ2) is 5.93. The van der Waals surface area contributed by atoms with Gasteiger partial charge < -0.3 is 0 Å². The zero-order valence-corrected chi connectivity index (χ0v) is 11.7. The van der Waals surface area contributed by atoms with E-state index in [1.165, 1.54) is 0 Å². The third-order valence-corrected chi connectivity index (χ3v) is 3.24. The van der Waals surface area contributed by atoms with Crippen LogP contribution >= 0.6 is 15.9 Å². The summed E-state index contributed by atoms with van der Waals surface area (Å²) >= 11 is 2.94. The van der Waals surface area contributed by atoms with E-state index in [2.05, 4.69) is 15.9 Å². The Morgan fingerprint density at radius 3 is 2.20 bits per heavy atom. The normalized spacial score (nSPS) is 11.7. The van der Waals surface area contributed by atoms with Crippen molar-refractivity contribution in [3.05, 3.63) is 69.7 Å². The molecule has 0 bridgehead atoms. The fourth-order valence-electron chi connectivity index (χ4n) is 1.85. The Morgan fingerprint density at radius 1 is 1.15 bits per heavy atom. The molecule has 2 aromatic carbocycles. The van der Waals surface area contributed by atoms with Crippen molar-refractivity contribution in [2.45, 2.75) is 5.92 Å². The number of hydrogen-bond acceptors (Lipinski definition) is 2. The molecule has 1 unspecified atom stereocenters. The topological polar surface area (TPSA) is 40.9 Å². The van der Waals surface area contributed by atoms with Crippen molar-refractivity contribution in [3.63, 3.8) is 0 Å². The van der Waals surface area contributed by atoms with Gasteiger partial charge in [-0.05, 0) is 17.7 Å². The van der Waals surface area contributed by atoms with Gasteiger partial charge in [0, 0.05) is 4.47 Å². The van der Waals surface area contributed by atoms with Crippen LogP contribution in [0.4, 0.5) is 8.78 Å². The summed E-state index contributed by atoms with van der Waals surface area (Å²) in [5.41, 5.74) is -0.287. The van der Waals surface area contributed by atoms with Gasteiger partial charge in [-0.3, -0.25) is 4.79 Å². The first-order valence-corrected chi connectivity index (χ1v) is 6.47. The number of Topliss-reactive ketones (excluding diaryl/α,β-unsaturated/α-hetero) is 1. The van der Waals surface area contributed by atoms with E-state index in [1.54, 1.807) is 36.4 Å². The molecule has 0 spiro atoms. The van der Waals surface area contributed by atoms with E-state index in [9.17, 15) is 13.6 Å². The van der Waals surface area contributed by atoms with E-state index in [4.69, 9.17) is 5.26 Å². The molecule has 2 aromatic rings. The molecule has 0 heterocycles. The molecular formula is C15H8BrF2NO. The van der Waals surface area contributed by atoms with E-state index >= 15 is 0 Å². The molecule has 0 fully saturated rings. The maximum atomic E-state index is 13.8. The van der Waals surface area contributed by atoms with Gasteiger partial charge in [0.25, 0.3) is 0 Å². The van der Waals surface area contributed by atoms with E-state index in [1.807, 2.05) is 0 Å². The van der Waals surface area contributed by atoms with E-state index < -0.39 is 28.9 Å². The summed E-state index contributed by atoms with van der Waals surface area (Å²) in [4.78, 5) is 12.2. The molecule has 0 aliphatic rings. The second-order valence-corrected chi connectivity index (χ2v) is 5.00. The number of hydrogen-bond donors (Lipinski definition) is 0. The highest BCUT2D eigenvalue weighted by molar-refractivity contribution is 9.10. The fraction of sp³-hybridized carbons (Fsp3) is 0.0667. The van der Waals surface area contributed by atoms with Crippen molar-refractivity contribution in [1.29, 1.82) is 5.26 Å². The van der Waals surface area contributed by atoms with Crippen molar-refractivity contribution < 1.29 is 13.6 Å². The first-order valence-electron chi connectivity index (χ1n) is 5.68. The van der Waals surface area contributed by atoms with Crippen molar-refractivity contribution in [2.24, 2.45) is 0 Å². The molecule has 0 saturated carbocycles. The lowest BCUT2D eigenvalue weighted by atomic mass is 9.91. The standard InChI is InChI=1S/C15H8BrF2NO/c16-10-6-12(17)14(13(18)7-10)15(20)11(8-19)9-4-2-1-3-5-9/h1-7,11H. The number of ketones is 1. The highest BCUT2D eigenvalue weighted by Gasteiger charge is 2.27. The molecule has 20 heavy (non-hydrogen) atoms. The Balaban J connectivity index is 2.48. The van der Waals surface area contributed by atoms with Crippen LogP contribution in [0.15, 0.2) is 46.9 Å². The summed E-state index contributed by atoms with van der Waals surface area (Å²) < 4.78 is 27.7. The highest BCUT2D eigenvalue weighted by Crippen LogP contribution is 2.26. The first-order chi connectivity index (χ1) is 9.54. The largest absolute Gasteiger partial charge is 0.292 e. The smallest absolute Gasteiger partial charge is 0.190 e. The molecule has 0 aliphatic carbocycles. The maximum Gasteiger partial charge on any atom is 0.190 e. The third-order valence-electron chi connectivity index (χ3n) is 2.78. The number of nitriles is 1. The van der Waals surface area contributed by atoms with Gasteiger partial charge in [-0.2, -0.15) is 5.26 Å². The van der Waals surface area contributed by atoms with Crippen LogP contribution in [0.3, 0.4) is 0 Å². The zero-order valence-electron chi connectivity index (χ0n) is 10.1. The van der Waals surface area contributed by atoms with Gasteiger partial charge in [0.15, 0.2) is 5.78 Å². The SMILES string of the molecule is N#CC(C(=O)c1c(F)cc(Br)cc1F)c1ccccc1. The lowest BCUT2D eigenvalue weighted by molar-refractivity contribution is 0.0970. The molecule has 0 radical (unpaired) electrons. The van der Waals surface area contributed by atoms with Crippen molar-refractivity contribution in [1.82, 2.24) is 0 Å². The summed E-state index contributed by atoms with van der Waals surface area (Å²) in [6.07, 6.45) is 0. The van der Waals surface area contributed by atoms with Crippen molar-refractivity contribution >= 4 is 21.7 Å². The Bertz CT molecular complexity index is 672. The molecule has 0 saturated heterocycles. The van der Waals surface area contributed by atoms with Crippen LogP contribution in [0.5, 0.6) is 0 Å². The molecule has 0 N–H and O–H groups in total. The van der Waals surface area contributed by atoms with Crippen LogP contribution in [0.1, 0.15) is 21.8 Å². The lowest BCUT2D eigenvalue weighted by Crippen LogP contribution is -2.15. The van der Waals surface area contributed by atoms with Gasteiger partial charge in [0.2, 0.25) is 0 Å². The van der Waals surface area contributed by atoms with Crippen LogP contribution in [0.25, 0.3) is 0 Å². The number of halogens is 3. The average Bonchev–Trinajstić information content (AvgIpc) is 2.39. The molecule has 0 aromatic heterocycles. The molecule has 2 nitrogen and oxygen atoms in total. The summed E-state index contributed by atoms with van der Waals surface area (Å²) in [7, 11) is 0. The lowest BCUT2D eigenvalue weighted by Gasteiger charge is -2.10. The minimum atomic E-state index is -1.23. The van der Waals surface area contributed by atoms with Crippen molar-refractivity contribution in [2.75, 3.05) is 0 Å².